The Morgan fingerprint density at radius 1 is 1.29 bits per heavy atom. The van der Waals surface area contributed by atoms with E-state index in [1.165, 1.54) is 0 Å². The molecular weight excluding hydrogens is 262 g/mol. The average Bonchev–Trinajstić information content (AvgIpc) is 2.50. The van der Waals surface area contributed by atoms with Crippen LogP contribution in [0.15, 0.2) is 30.5 Å². The van der Waals surface area contributed by atoms with E-state index in [9.17, 15) is 0 Å². The fourth-order valence-corrected chi connectivity index (χ4v) is 2.25. The van der Waals surface area contributed by atoms with E-state index in [0.717, 1.165) is 22.4 Å². The lowest BCUT2D eigenvalue weighted by molar-refractivity contribution is 0.440. The van der Waals surface area contributed by atoms with Crippen molar-refractivity contribution in [1.82, 2.24) is 10.3 Å². The van der Waals surface area contributed by atoms with Crippen LogP contribution in [0.25, 0.3) is 0 Å². The lowest BCUT2D eigenvalue weighted by Crippen LogP contribution is -2.13. The first-order valence-corrected chi connectivity index (χ1v) is 6.88. The molecule has 1 aromatic heterocycles. The van der Waals surface area contributed by atoms with Crippen molar-refractivity contribution in [1.29, 1.82) is 5.26 Å². The van der Waals surface area contributed by atoms with Gasteiger partial charge in [0.25, 0.3) is 0 Å². The van der Waals surface area contributed by atoms with E-state index in [4.69, 9.17) is 10.00 Å². The summed E-state index contributed by atoms with van der Waals surface area (Å²) in [7, 11) is 1.90. The van der Waals surface area contributed by atoms with Gasteiger partial charge in [-0.2, -0.15) is 5.26 Å². The molecule has 1 atom stereocenters. The summed E-state index contributed by atoms with van der Waals surface area (Å²) in [4.78, 5) is 4.34. The van der Waals surface area contributed by atoms with Crippen LogP contribution in [0.1, 0.15) is 35.2 Å². The summed E-state index contributed by atoms with van der Waals surface area (Å²) in [6.07, 6.45) is 1.72. The van der Waals surface area contributed by atoms with E-state index in [0.29, 0.717) is 11.4 Å². The highest BCUT2D eigenvalue weighted by Gasteiger charge is 2.14. The van der Waals surface area contributed by atoms with Crippen LogP contribution < -0.4 is 10.1 Å². The van der Waals surface area contributed by atoms with Gasteiger partial charge in [0.05, 0.1) is 11.6 Å². The lowest BCUT2D eigenvalue weighted by Gasteiger charge is -2.17. The highest BCUT2D eigenvalue weighted by Crippen LogP contribution is 2.32. The maximum atomic E-state index is 9.00. The molecule has 1 unspecified atom stereocenters. The highest BCUT2D eigenvalue weighted by atomic mass is 16.5. The second kappa shape index (κ2) is 6.38. The summed E-state index contributed by atoms with van der Waals surface area (Å²) in [6, 6.07) is 9.85. The molecular formula is C17H19N3O. The second-order valence-electron chi connectivity index (χ2n) is 5.06. The average molecular weight is 281 g/mol. The minimum atomic E-state index is 0.146. The molecule has 0 bridgehead atoms. The predicted octanol–water partition coefficient (Wildman–Crippen LogP) is 3.64. The SMILES string of the molecule is CNC(C)c1cccnc1Oc1c(C)cc(C#N)cc1C. The molecule has 0 aliphatic rings. The number of aromatic nitrogens is 1. The summed E-state index contributed by atoms with van der Waals surface area (Å²) in [5, 5.41) is 12.2. The molecule has 1 N–H and O–H groups in total. The summed E-state index contributed by atoms with van der Waals surface area (Å²) < 4.78 is 6.03. The van der Waals surface area contributed by atoms with Crippen LogP contribution in [-0.4, -0.2) is 12.0 Å². The fraction of sp³-hybridized carbons (Fsp3) is 0.294. The van der Waals surface area contributed by atoms with E-state index in [1.54, 1.807) is 6.20 Å². The number of rotatable bonds is 4. The van der Waals surface area contributed by atoms with Crippen molar-refractivity contribution < 1.29 is 4.74 Å². The van der Waals surface area contributed by atoms with Gasteiger partial charge in [0.1, 0.15) is 5.75 Å². The van der Waals surface area contributed by atoms with Gasteiger partial charge < -0.3 is 10.1 Å². The van der Waals surface area contributed by atoms with Gasteiger partial charge in [0, 0.05) is 17.8 Å². The van der Waals surface area contributed by atoms with Gasteiger partial charge in [0.2, 0.25) is 5.88 Å². The van der Waals surface area contributed by atoms with Gasteiger partial charge in [-0.05, 0) is 57.1 Å². The number of benzene rings is 1. The zero-order valence-corrected chi connectivity index (χ0v) is 12.8. The van der Waals surface area contributed by atoms with Crippen LogP contribution in [0, 0.1) is 25.2 Å². The first-order valence-electron chi connectivity index (χ1n) is 6.88. The van der Waals surface area contributed by atoms with Crippen LogP contribution in [-0.2, 0) is 0 Å². The molecule has 1 aromatic carbocycles. The Kier molecular flexibility index (Phi) is 4.56. The number of nitriles is 1. The Bertz CT molecular complexity index is 666. The number of ether oxygens (including phenoxy) is 1. The predicted molar refractivity (Wildman–Crippen MR) is 82.4 cm³/mol. The van der Waals surface area contributed by atoms with Crippen molar-refractivity contribution in [3.8, 4) is 17.7 Å². The number of hydrogen-bond donors (Lipinski definition) is 1. The first kappa shape index (κ1) is 15.0. The van der Waals surface area contributed by atoms with Crippen molar-refractivity contribution in [3.05, 3.63) is 52.7 Å². The second-order valence-corrected chi connectivity index (χ2v) is 5.06. The molecule has 0 radical (unpaired) electrons. The van der Waals surface area contributed by atoms with Gasteiger partial charge in [-0.3, -0.25) is 0 Å². The molecule has 4 heteroatoms. The standard InChI is InChI=1S/C17H19N3O/c1-11-8-14(10-18)9-12(2)16(11)21-17-15(13(3)19-4)6-5-7-20-17/h5-9,13,19H,1-4H3. The van der Waals surface area contributed by atoms with E-state index >= 15 is 0 Å². The largest absolute Gasteiger partial charge is 0.438 e. The molecule has 2 rings (SSSR count). The van der Waals surface area contributed by atoms with Crippen molar-refractivity contribution >= 4 is 0 Å². The van der Waals surface area contributed by atoms with Crippen molar-refractivity contribution in [3.63, 3.8) is 0 Å². The third kappa shape index (κ3) is 3.21. The molecule has 4 nitrogen and oxygen atoms in total. The topological polar surface area (TPSA) is 57.9 Å². The van der Waals surface area contributed by atoms with Crippen molar-refractivity contribution in [2.45, 2.75) is 26.8 Å². The van der Waals surface area contributed by atoms with Crippen molar-refractivity contribution in [2.24, 2.45) is 0 Å². The van der Waals surface area contributed by atoms with Gasteiger partial charge in [-0.25, -0.2) is 4.98 Å². The molecule has 2 aromatic rings. The van der Waals surface area contributed by atoms with Crippen LogP contribution in [0.3, 0.4) is 0 Å². The van der Waals surface area contributed by atoms with Gasteiger partial charge in [-0.1, -0.05) is 6.07 Å². The molecule has 0 aliphatic heterocycles. The highest BCUT2D eigenvalue weighted by molar-refractivity contribution is 5.49. The molecule has 0 saturated carbocycles. The Morgan fingerprint density at radius 2 is 1.95 bits per heavy atom. The fourth-order valence-electron chi connectivity index (χ4n) is 2.25. The Balaban J connectivity index is 2.42. The van der Waals surface area contributed by atoms with E-state index in [1.807, 2.05) is 45.2 Å². The minimum absolute atomic E-state index is 0.146. The summed E-state index contributed by atoms with van der Waals surface area (Å²) in [5.74, 6) is 1.35. The molecule has 108 valence electrons. The zero-order valence-electron chi connectivity index (χ0n) is 12.8. The summed E-state index contributed by atoms with van der Waals surface area (Å²) >= 11 is 0. The molecule has 0 aliphatic carbocycles. The van der Waals surface area contributed by atoms with Gasteiger partial charge >= 0.3 is 0 Å². The quantitative estimate of drug-likeness (QED) is 0.929. The van der Waals surface area contributed by atoms with E-state index in [-0.39, 0.29) is 6.04 Å². The molecule has 0 fully saturated rings. The van der Waals surface area contributed by atoms with Crippen LogP contribution >= 0.6 is 0 Å². The molecule has 0 saturated heterocycles. The van der Waals surface area contributed by atoms with Crippen LogP contribution in [0.5, 0.6) is 11.6 Å². The lowest BCUT2D eigenvalue weighted by atomic mass is 10.1. The third-order valence-corrected chi connectivity index (χ3v) is 3.49. The monoisotopic (exact) mass is 281 g/mol. The molecule has 0 spiro atoms. The van der Waals surface area contributed by atoms with Crippen LogP contribution in [0.4, 0.5) is 0 Å². The number of aryl methyl sites for hydroxylation is 2. The Labute approximate surface area is 125 Å². The summed E-state index contributed by atoms with van der Waals surface area (Å²) in [5.41, 5.74) is 3.51. The molecule has 1 heterocycles. The van der Waals surface area contributed by atoms with E-state index < -0.39 is 0 Å². The summed E-state index contributed by atoms with van der Waals surface area (Å²) in [6.45, 7) is 5.93. The number of nitrogens with zero attached hydrogens (tertiary/aromatic N) is 2. The van der Waals surface area contributed by atoms with Crippen molar-refractivity contribution in [2.75, 3.05) is 7.05 Å². The Hall–Kier alpha value is -2.38. The number of hydrogen-bond acceptors (Lipinski definition) is 4. The molecule has 21 heavy (non-hydrogen) atoms. The van der Waals surface area contributed by atoms with Gasteiger partial charge in [0.15, 0.2) is 0 Å². The van der Waals surface area contributed by atoms with E-state index in [2.05, 4.69) is 23.3 Å². The number of pyridine rings is 1. The zero-order chi connectivity index (χ0) is 15.4. The molecule has 0 amide bonds. The minimum Gasteiger partial charge on any atom is -0.438 e. The Morgan fingerprint density at radius 3 is 2.52 bits per heavy atom. The maximum Gasteiger partial charge on any atom is 0.224 e. The number of nitrogens with one attached hydrogen (secondary N) is 1. The smallest absolute Gasteiger partial charge is 0.224 e. The maximum absolute atomic E-state index is 9.00. The normalized spacial score (nSPS) is 11.8. The first-order chi connectivity index (χ1) is 10.1. The third-order valence-electron chi connectivity index (χ3n) is 3.49. The van der Waals surface area contributed by atoms with Crippen LogP contribution in [0.2, 0.25) is 0 Å². The van der Waals surface area contributed by atoms with Gasteiger partial charge in [-0.15, -0.1) is 0 Å².